The predicted molar refractivity (Wildman–Crippen MR) is 92.1 cm³/mol. The second-order valence-electron chi connectivity index (χ2n) is 5.57. The summed E-state index contributed by atoms with van der Waals surface area (Å²) in [6, 6.07) is 11.1. The second kappa shape index (κ2) is 7.71. The van der Waals surface area contributed by atoms with Gasteiger partial charge >= 0.3 is 0 Å². The minimum atomic E-state index is 0.356. The van der Waals surface area contributed by atoms with Gasteiger partial charge < -0.3 is 5.32 Å². The Kier molecular flexibility index (Phi) is 5.95. The molecule has 2 aromatic rings. The molecule has 0 aliphatic heterocycles. The van der Waals surface area contributed by atoms with Crippen LogP contribution in [0.15, 0.2) is 30.3 Å². The molecule has 1 aromatic carbocycles. The van der Waals surface area contributed by atoms with Crippen molar-refractivity contribution in [3.63, 3.8) is 0 Å². The van der Waals surface area contributed by atoms with Gasteiger partial charge in [0, 0.05) is 4.88 Å². The number of thiazole rings is 1. The van der Waals surface area contributed by atoms with Crippen LogP contribution in [0.25, 0.3) is 0 Å². The number of hydrogen-bond donors (Lipinski definition) is 1. The fourth-order valence-electron chi connectivity index (χ4n) is 2.72. The van der Waals surface area contributed by atoms with Gasteiger partial charge in [0.15, 0.2) is 0 Å². The van der Waals surface area contributed by atoms with E-state index in [2.05, 4.69) is 63.3 Å². The molecule has 21 heavy (non-hydrogen) atoms. The zero-order valence-electron chi connectivity index (χ0n) is 13.5. The van der Waals surface area contributed by atoms with Gasteiger partial charge in [-0.3, -0.25) is 0 Å². The minimum Gasteiger partial charge on any atom is -0.308 e. The average Bonchev–Trinajstić information content (AvgIpc) is 2.88. The summed E-state index contributed by atoms with van der Waals surface area (Å²) in [5, 5.41) is 4.86. The van der Waals surface area contributed by atoms with Gasteiger partial charge in [0.05, 0.1) is 11.7 Å². The quantitative estimate of drug-likeness (QED) is 0.790. The standard InChI is InChI=1S/C18H26N2S/c1-5-16-14(4)21-18(20-16)17(19-6-2)12-13(3)15-10-8-7-9-11-15/h7-11,13,17,19H,5-6,12H2,1-4H3. The molecule has 0 aliphatic rings. The first-order valence-electron chi connectivity index (χ1n) is 7.90. The van der Waals surface area contributed by atoms with Crippen LogP contribution in [0.4, 0.5) is 0 Å². The first-order valence-corrected chi connectivity index (χ1v) is 8.71. The first kappa shape index (κ1) is 16.2. The number of hydrogen-bond acceptors (Lipinski definition) is 3. The van der Waals surface area contributed by atoms with E-state index in [-0.39, 0.29) is 0 Å². The van der Waals surface area contributed by atoms with Gasteiger partial charge in [0.2, 0.25) is 0 Å². The highest BCUT2D eigenvalue weighted by Gasteiger charge is 2.19. The molecule has 1 aromatic heterocycles. The fraction of sp³-hybridized carbons (Fsp3) is 0.500. The Morgan fingerprint density at radius 2 is 1.90 bits per heavy atom. The highest BCUT2D eigenvalue weighted by atomic mass is 32.1. The molecule has 2 rings (SSSR count). The Morgan fingerprint density at radius 3 is 2.48 bits per heavy atom. The van der Waals surface area contributed by atoms with Crippen LogP contribution in [-0.2, 0) is 6.42 Å². The topological polar surface area (TPSA) is 24.9 Å². The zero-order chi connectivity index (χ0) is 15.2. The molecule has 0 saturated carbocycles. The van der Waals surface area contributed by atoms with Crippen molar-refractivity contribution in [1.82, 2.24) is 10.3 Å². The number of aryl methyl sites for hydroxylation is 2. The number of rotatable bonds is 7. The molecule has 114 valence electrons. The van der Waals surface area contributed by atoms with Crippen molar-refractivity contribution < 1.29 is 0 Å². The Balaban J connectivity index is 2.15. The summed E-state index contributed by atoms with van der Waals surface area (Å²) >= 11 is 1.85. The highest BCUT2D eigenvalue weighted by Crippen LogP contribution is 2.31. The summed E-state index contributed by atoms with van der Waals surface area (Å²) in [7, 11) is 0. The van der Waals surface area contributed by atoms with E-state index in [1.165, 1.54) is 21.1 Å². The highest BCUT2D eigenvalue weighted by molar-refractivity contribution is 7.11. The predicted octanol–water partition coefficient (Wildman–Crippen LogP) is 4.86. The van der Waals surface area contributed by atoms with Crippen molar-refractivity contribution in [2.24, 2.45) is 0 Å². The van der Waals surface area contributed by atoms with E-state index in [9.17, 15) is 0 Å². The van der Waals surface area contributed by atoms with Crippen LogP contribution >= 0.6 is 11.3 Å². The Bertz CT molecular complexity index is 548. The molecule has 2 atom stereocenters. The molecule has 3 heteroatoms. The molecule has 0 bridgehead atoms. The molecule has 0 fully saturated rings. The van der Waals surface area contributed by atoms with E-state index in [0.717, 1.165) is 19.4 Å². The maximum absolute atomic E-state index is 4.85. The van der Waals surface area contributed by atoms with Gasteiger partial charge in [0.1, 0.15) is 5.01 Å². The third-order valence-electron chi connectivity index (χ3n) is 3.95. The lowest BCUT2D eigenvalue weighted by molar-refractivity contribution is 0.474. The van der Waals surface area contributed by atoms with E-state index in [1.807, 2.05) is 11.3 Å². The summed E-state index contributed by atoms with van der Waals surface area (Å²) in [4.78, 5) is 6.21. The van der Waals surface area contributed by atoms with Gasteiger partial charge in [-0.25, -0.2) is 4.98 Å². The van der Waals surface area contributed by atoms with E-state index >= 15 is 0 Å². The molecule has 0 radical (unpaired) electrons. The zero-order valence-corrected chi connectivity index (χ0v) is 14.3. The van der Waals surface area contributed by atoms with E-state index in [4.69, 9.17) is 4.98 Å². The van der Waals surface area contributed by atoms with Crippen molar-refractivity contribution in [2.75, 3.05) is 6.54 Å². The summed E-state index contributed by atoms with van der Waals surface area (Å²) in [5.41, 5.74) is 2.66. The van der Waals surface area contributed by atoms with Gasteiger partial charge in [0.25, 0.3) is 0 Å². The molecule has 1 heterocycles. The molecular weight excluding hydrogens is 276 g/mol. The second-order valence-corrected chi connectivity index (χ2v) is 6.80. The summed E-state index contributed by atoms with van der Waals surface area (Å²) in [5.74, 6) is 0.532. The smallest absolute Gasteiger partial charge is 0.110 e. The molecule has 0 spiro atoms. The average molecular weight is 302 g/mol. The monoisotopic (exact) mass is 302 g/mol. The van der Waals surface area contributed by atoms with Crippen molar-refractivity contribution in [2.45, 2.75) is 52.5 Å². The number of aromatic nitrogens is 1. The van der Waals surface area contributed by atoms with Gasteiger partial charge in [-0.05, 0) is 37.8 Å². The van der Waals surface area contributed by atoms with Crippen LogP contribution in [0.3, 0.4) is 0 Å². The Labute approximate surface area is 132 Å². The van der Waals surface area contributed by atoms with Gasteiger partial charge in [-0.1, -0.05) is 51.1 Å². The van der Waals surface area contributed by atoms with Crippen LogP contribution in [0.2, 0.25) is 0 Å². The lowest BCUT2D eigenvalue weighted by Crippen LogP contribution is -2.22. The molecule has 1 N–H and O–H groups in total. The fourth-order valence-corrected chi connectivity index (χ4v) is 3.82. The Hall–Kier alpha value is -1.19. The van der Waals surface area contributed by atoms with Crippen LogP contribution in [0, 0.1) is 6.92 Å². The summed E-state index contributed by atoms with van der Waals surface area (Å²) in [6.07, 6.45) is 2.11. The largest absolute Gasteiger partial charge is 0.308 e. The summed E-state index contributed by atoms with van der Waals surface area (Å²) < 4.78 is 0. The molecule has 0 aliphatic carbocycles. The SMILES string of the molecule is CCNC(CC(C)c1ccccc1)c1nc(CC)c(C)s1. The van der Waals surface area contributed by atoms with Gasteiger partial charge in [-0.15, -0.1) is 11.3 Å². The van der Waals surface area contributed by atoms with E-state index in [1.54, 1.807) is 0 Å². The van der Waals surface area contributed by atoms with E-state index in [0.29, 0.717) is 12.0 Å². The number of benzene rings is 1. The molecule has 0 saturated heterocycles. The Morgan fingerprint density at radius 1 is 1.19 bits per heavy atom. The van der Waals surface area contributed by atoms with Crippen LogP contribution in [0.1, 0.15) is 60.3 Å². The van der Waals surface area contributed by atoms with Crippen LogP contribution in [0.5, 0.6) is 0 Å². The molecule has 2 nitrogen and oxygen atoms in total. The van der Waals surface area contributed by atoms with Crippen molar-refractivity contribution in [3.8, 4) is 0 Å². The van der Waals surface area contributed by atoms with Crippen molar-refractivity contribution >= 4 is 11.3 Å². The third kappa shape index (κ3) is 4.14. The summed E-state index contributed by atoms with van der Waals surface area (Å²) in [6.45, 7) is 9.82. The molecular formula is C18H26N2S. The lowest BCUT2D eigenvalue weighted by atomic mass is 9.94. The maximum atomic E-state index is 4.85. The molecule has 2 unspecified atom stereocenters. The maximum Gasteiger partial charge on any atom is 0.110 e. The number of nitrogens with one attached hydrogen (secondary N) is 1. The minimum absolute atomic E-state index is 0.356. The molecule has 0 amide bonds. The van der Waals surface area contributed by atoms with Crippen molar-refractivity contribution in [3.05, 3.63) is 51.5 Å². The van der Waals surface area contributed by atoms with Crippen LogP contribution in [-0.4, -0.2) is 11.5 Å². The first-order chi connectivity index (χ1) is 10.2. The number of nitrogens with zero attached hydrogens (tertiary/aromatic N) is 1. The van der Waals surface area contributed by atoms with Crippen molar-refractivity contribution in [1.29, 1.82) is 0 Å². The third-order valence-corrected chi connectivity index (χ3v) is 5.08. The van der Waals surface area contributed by atoms with E-state index < -0.39 is 0 Å². The normalized spacial score (nSPS) is 14.1. The lowest BCUT2D eigenvalue weighted by Gasteiger charge is -2.20. The van der Waals surface area contributed by atoms with Gasteiger partial charge in [-0.2, -0.15) is 0 Å². The van der Waals surface area contributed by atoms with Crippen LogP contribution < -0.4 is 5.32 Å².